The lowest BCUT2D eigenvalue weighted by atomic mass is 10.0. The molecule has 1 aliphatic carbocycles. The summed E-state index contributed by atoms with van der Waals surface area (Å²) >= 11 is 0. The van der Waals surface area contributed by atoms with Gasteiger partial charge in [-0.25, -0.2) is 9.97 Å². The van der Waals surface area contributed by atoms with Gasteiger partial charge in [-0.2, -0.15) is 0 Å². The molecule has 4 aliphatic rings. The van der Waals surface area contributed by atoms with E-state index in [4.69, 9.17) is 9.97 Å². The van der Waals surface area contributed by atoms with Crippen LogP contribution in [0.5, 0.6) is 0 Å². The lowest BCUT2D eigenvalue weighted by Crippen LogP contribution is -2.54. The Morgan fingerprint density at radius 2 is 1.70 bits per heavy atom. The molecule has 3 aromatic heterocycles. The zero-order valence-corrected chi connectivity index (χ0v) is 31.9. The molecule has 2 saturated heterocycles. The van der Waals surface area contributed by atoms with Gasteiger partial charge in [0, 0.05) is 61.6 Å². The van der Waals surface area contributed by atoms with Crippen molar-refractivity contribution in [3.63, 3.8) is 0 Å². The number of aromatic nitrogens is 4. The van der Waals surface area contributed by atoms with Crippen molar-refractivity contribution in [2.24, 2.45) is 0 Å². The highest BCUT2D eigenvalue weighted by atomic mass is 16.2. The third-order valence-electron chi connectivity index (χ3n) is 11.6. The third kappa shape index (κ3) is 7.04. The Morgan fingerprint density at radius 3 is 2.44 bits per heavy atom. The molecule has 1 unspecified atom stereocenters. The number of nitrogens with zero attached hydrogens (tertiary/aromatic N) is 7. The molecule has 0 radical (unpaired) electrons. The lowest BCUT2D eigenvalue weighted by Gasteiger charge is -2.27. The molecule has 294 valence electrons. The van der Waals surface area contributed by atoms with E-state index in [0.29, 0.717) is 60.7 Å². The van der Waals surface area contributed by atoms with Crippen molar-refractivity contribution in [3.05, 3.63) is 86.9 Å². The highest BCUT2D eigenvalue weighted by Crippen LogP contribution is 2.33. The SMILES string of the molecule is CC(=O)c1c(C)c2cnc(Cc3ccc(N4CCCN(C(=O)CNc5cccc6c5C(=O)N(C5CCC(=O)NC5=O)C6=O)CC4)cn3)nc2n(C2CCCC2)c1=O. The molecule has 6 heterocycles. The molecule has 8 rings (SSSR count). The van der Waals surface area contributed by atoms with Crippen molar-refractivity contribution in [1.82, 2.24) is 34.6 Å². The van der Waals surface area contributed by atoms with Crippen LogP contribution in [-0.2, 0) is 20.8 Å². The van der Waals surface area contributed by atoms with Crippen molar-refractivity contribution in [1.29, 1.82) is 0 Å². The van der Waals surface area contributed by atoms with Gasteiger partial charge in [0.15, 0.2) is 5.78 Å². The van der Waals surface area contributed by atoms with E-state index in [0.717, 1.165) is 48.4 Å². The second-order valence-electron chi connectivity index (χ2n) is 15.1. The van der Waals surface area contributed by atoms with Gasteiger partial charge >= 0.3 is 0 Å². The van der Waals surface area contributed by atoms with Crippen LogP contribution in [0, 0.1) is 6.92 Å². The van der Waals surface area contributed by atoms with Crippen molar-refractivity contribution in [2.45, 2.75) is 77.3 Å². The maximum Gasteiger partial charge on any atom is 0.264 e. The van der Waals surface area contributed by atoms with Gasteiger partial charge in [-0.15, -0.1) is 0 Å². The normalized spacial score (nSPS) is 18.9. The van der Waals surface area contributed by atoms with Gasteiger partial charge in [-0.3, -0.25) is 53.3 Å². The van der Waals surface area contributed by atoms with E-state index in [9.17, 15) is 33.6 Å². The van der Waals surface area contributed by atoms with Crippen LogP contribution in [0.4, 0.5) is 11.4 Å². The molecule has 1 aromatic carbocycles. The summed E-state index contributed by atoms with van der Waals surface area (Å²) in [4.78, 5) is 109. The second kappa shape index (κ2) is 15.3. The van der Waals surface area contributed by atoms with E-state index in [2.05, 4.69) is 20.5 Å². The van der Waals surface area contributed by atoms with Gasteiger partial charge in [0.05, 0.1) is 41.5 Å². The topological polar surface area (TPSA) is 197 Å². The average Bonchev–Trinajstić information content (AvgIpc) is 3.71. The van der Waals surface area contributed by atoms with Gasteiger partial charge < -0.3 is 15.1 Å². The first-order valence-electron chi connectivity index (χ1n) is 19.5. The summed E-state index contributed by atoms with van der Waals surface area (Å²) < 4.78 is 1.72. The molecular weight excluding hydrogens is 731 g/mol. The standard InChI is InChI=1S/C41H43N9O7/c1-23-29-21-44-32(45-37(29)49(26-7-3-4-8-26)40(56)35(23)24(2)51)19-25-11-12-27(20-42-25)47-15-6-16-48(18-17-47)34(53)22-43-30-10-5-9-28-36(30)41(57)50(39(28)55)31-13-14-33(52)46-38(31)54/h5,9-12,20-21,26,31,43H,3-4,6-8,13-19,22H2,1-2H3,(H,46,52,54). The third-order valence-corrected chi connectivity index (χ3v) is 11.6. The molecular formula is C41H43N9O7. The molecule has 2 N–H and O–H groups in total. The van der Waals surface area contributed by atoms with Gasteiger partial charge in [0.2, 0.25) is 17.7 Å². The fourth-order valence-corrected chi connectivity index (χ4v) is 8.61. The average molecular weight is 774 g/mol. The number of pyridine rings is 2. The number of aryl methyl sites for hydroxylation is 1. The number of fused-ring (bicyclic) bond motifs is 2. The number of rotatable bonds is 9. The van der Waals surface area contributed by atoms with Crippen LogP contribution in [0.15, 0.2) is 47.5 Å². The smallest absolute Gasteiger partial charge is 0.264 e. The zero-order chi connectivity index (χ0) is 40.0. The summed E-state index contributed by atoms with van der Waals surface area (Å²) in [7, 11) is 0. The van der Waals surface area contributed by atoms with Crippen molar-refractivity contribution in [2.75, 3.05) is 42.9 Å². The first-order valence-corrected chi connectivity index (χ1v) is 19.5. The van der Waals surface area contributed by atoms with Gasteiger partial charge in [-0.1, -0.05) is 18.9 Å². The molecule has 5 amide bonds. The maximum atomic E-state index is 13.6. The fraction of sp³-hybridized carbons (Fsp3) is 0.415. The number of carbonyl (C=O) groups is 6. The van der Waals surface area contributed by atoms with E-state index in [1.165, 1.54) is 13.0 Å². The lowest BCUT2D eigenvalue weighted by molar-refractivity contribution is -0.136. The number of carbonyl (C=O) groups excluding carboxylic acids is 6. The quantitative estimate of drug-likeness (QED) is 0.187. The Kier molecular flexibility index (Phi) is 10.1. The van der Waals surface area contributed by atoms with E-state index in [1.807, 2.05) is 12.1 Å². The van der Waals surface area contributed by atoms with E-state index in [1.54, 1.807) is 40.9 Å². The molecule has 1 saturated carbocycles. The van der Waals surface area contributed by atoms with Crippen LogP contribution >= 0.6 is 0 Å². The Balaban J connectivity index is 0.901. The monoisotopic (exact) mass is 773 g/mol. The number of hydrogen-bond acceptors (Lipinski definition) is 12. The molecule has 0 spiro atoms. The summed E-state index contributed by atoms with van der Waals surface area (Å²) in [5, 5.41) is 5.96. The maximum absolute atomic E-state index is 13.6. The number of piperidine rings is 1. The van der Waals surface area contributed by atoms with Gasteiger partial charge in [0.25, 0.3) is 17.4 Å². The number of imide groups is 2. The minimum Gasteiger partial charge on any atom is -0.375 e. The summed E-state index contributed by atoms with van der Waals surface area (Å²) in [5.74, 6) is -2.26. The number of amides is 5. The largest absolute Gasteiger partial charge is 0.375 e. The van der Waals surface area contributed by atoms with E-state index in [-0.39, 0.29) is 59.4 Å². The molecule has 3 fully saturated rings. The molecule has 4 aromatic rings. The summed E-state index contributed by atoms with van der Waals surface area (Å²) in [6, 6.07) is 7.60. The Morgan fingerprint density at radius 1 is 0.895 bits per heavy atom. The predicted octanol–water partition coefficient (Wildman–Crippen LogP) is 2.96. The Hall–Kier alpha value is -6.32. The highest BCUT2D eigenvalue weighted by molar-refractivity contribution is 6.25. The minimum atomic E-state index is -1.08. The Bertz CT molecular complexity index is 2400. The molecule has 0 bridgehead atoms. The number of anilines is 2. The van der Waals surface area contributed by atoms with Crippen LogP contribution in [0.3, 0.4) is 0 Å². The summed E-state index contributed by atoms with van der Waals surface area (Å²) in [6.07, 6.45) is 8.46. The second-order valence-corrected chi connectivity index (χ2v) is 15.1. The van der Waals surface area contributed by atoms with Crippen molar-refractivity contribution in [3.8, 4) is 0 Å². The van der Waals surface area contributed by atoms with Crippen molar-refractivity contribution < 1.29 is 28.8 Å². The molecule has 3 aliphatic heterocycles. The number of Topliss-reactive ketones (excluding diaryl/α,β-unsaturated/α-hetero) is 1. The predicted molar refractivity (Wildman–Crippen MR) is 208 cm³/mol. The summed E-state index contributed by atoms with van der Waals surface area (Å²) in [6.45, 7) is 5.40. The van der Waals surface area contributed by atoms with Crippen molar-refractivity contribution >= 4 is 57.7 Å². The van der Waals surface area contributed by atoms with E-state index < -0.39 is 29.7 Å². The van der Waals surface area contributed by atoms with Gasteiger partial charge in [0.1, 0.15) is 17.5 Å². The van der Waals surface area contributed by atoms with Crippen LogP contribution in [0.2, 0.25) is 0 Å². The first-order chi connectivity index (χ1) is 27.5. The fourth-order valence-electron chi connectivity index (χ4n) is 8.61. The zero-order valence-electron chi connectivity index (χ0n) is 31.9. The summed E-state index contributed by atoms with van der Waals surface area (Å²) in [5.41, 5.74) is 3.33. The molecule has 1 atom stereocenters. The van der Waals surface area contributed by atoms with Crippen LogP contribution in [0.25, 0.3) is 11.0 Å². The van der Waals surface area contributed by atoms with Crippen LogP contribution in [-0.4, -0.2) is 103 Å². The minimum absolute atomic E-state index is 0.00271. The number of nitrogens with one attached hydrogen (secondary N) is 2. The van der Waals surface area contributed by atoms with Crippen LogP contribution < -0.4 is 21.1 Å². The molecule has 16 nitrogen and oxygen atoms in total. The number of ketones is 1. The number of benzene rings is 1. The van der Waals surface area contributed by atoms with Gasteiger partial charge in [-0.05, 0) is 69.4 Å². The first kappa shape index (κ1) is 37.6. The molecule has 16 heteroatoms. The highest BCUT2D eigenvalue weighted by Gasteiger charge is 2.45. The van der Waals surface area contributed by atoms with Crippen LogP contribution in [0.1, 0.15) is 106 Å². The van der Waals surface area contributed by atoms with E-state index >= 15 is 0 Å². The Labute approximate surface area is 327 Å². The molecule has 57 heavy (non-hydrogen) atoms. The number of hydrogen-bond donors (Lipinski definition) is 2.